The van der Waals surface area contributed by atoms with Crippen LogP contribution in [0.4, 0.5) is 0 Å². The van der Waals surface area contributed by atoms with E-state index in [0.29, 0.717) is 5.41 Å². The monoisotopic (exact) mass is 422 g/mol. The molecule has 2 nitrogen and oxygen atoms in total. The molecule has 1 aromatic carbocycles. The van der Waals surface area contributed by atoms with Gasteiger partial charge in [-0.3, -0.25) is 4.79 Å². The molecule has 0 spiro atoms. The Bertz CT molecular complexity index is 864. The predicted octanol–water partition coefficient (Wildman–Crippen LogP) is 7.69. The maximum Gasteiger partial charge on any atom is 0.307 e. The van der Waals surface area contributed by atoms with Crippen molar-refractivity contribution in [2.45, 2.75) is 98.8 Å². The first-order chi connectivity index (χ1) is 14.7. The van der Waals surface area contributed by atoms with Gasteiger partial charge in [0.15, 0.2) is 0 Å². The molecule has 0 aliphatic heterocycles. The van der Waals surface area contributed by atoms with Gasteiger partial charge in [-0.25, -0.2) is 0 Å². The third-order valence-electron chi connectivity index (χ3n) is 9.32. The third-order valence-corrected chi connectivity index (χ3v) is 9.32. The third kappa shape index (κ3) is 4.24. The summed E-state index contributed by atoms with van der Waals surface area (Å²) < 4.78 is 5.39. The second-order valence-corrected chi connectivity index (χ2v) is 11.4. The van der Waals surface area contributed by atoms with Crippen molar-refractivity contribution < 1.29 is 9.53 Å². The molecule has 1 saturated carbocycles. The lowest BCUT2D eigenvalue weighted by Crippen LogP contribution is -2.35. The van der Waals surface area contributed by atoms with Crippen LogP contribution in [-0.2, 0) is 22.4 Å². The Kier molecular flexibility index (Phi) is 6.39. The zero-order valence-corrected chi connectivity index (χ0v) is 20.6. The summed E-state index contributed by atoms with van der Waals surface area (Å²) in [5.41, 5.74) is 6.52. The molecule has 0 unspecified atom stereocenters. The maximum atomic E-state index is 11.4. The summed E-state index contributed by atoms with van der Waals surface area (Å²) in [6.45, 7) is 13.8. The average Bonchev–Trinajstić information content (AvgIpc) is 3.08. The van der Waals surface area contributed by atoms with Gasteiger partial charge in [-0.05, 0) is 95.4 Å². The van der Waals surface area contributed by atoms with Crippen LogP contribution >= 0.6 is 0 Å². The lowest BCUT2D eigenvalue weighted by Gasteiger charge is -2.45. The van der Waals surface area contributed by atoms with Gasteiger partial charge >= 0.3 is 5.97 Å². The number of hydrogen-bond acceptors (Lipinski definition) is 2. The minimum absolute atomic E-state index is 0.211. The van der Waals surface area contributed by atoms with Crippen molar-refractivity contribution in [1.29, 1.82) is 0 Å². The second kappa shape index (κ2) is 8.75. The van der Waals surface area contributed by atoms with Crippen LogP contribution in [0.1, 0.15) is 108 Å². The van der Waals surface area contributed by atoms with E-state index in [0.717, 1.165) is 48.2 Å². The first-order valence-corrected chi connectivity index (χ1v) is 12.7. The van der Waals surface area contributed by atoms with Gasteiger partial charge in [0.1, 0.15) is 5.76 Å². The van der Waals surface area contributed by atoms with Crippen molar-refractivity contribution >= 4 is 12.0 Å². The van der Waals surface area contributed by atoms with E-state index in [9.17, 15) is 4.79 Å². The lowest BCUT2D eigenvalue weighted by atomic mass is 9.60. The van der Waals surface area contributed by atoms with E-state index in [2.05, 4.69) is 52.8 Å². The smallest absolute Gasteiger partial charge is 0.307 e. The fourth-order valence-corrected chi connectivity index (χ4v) is 7.06. The number of rotatable bonds is 6. The number of ether oxygens (including phenoxy) is 1. The second-order valence-electron chi connectivity index (χ2n) is 11.4. The normalized spacial score (nSPS) is 28.9. The summed E-state index contributed by atoms with van der Waals surface area (Å²) in [7, 11) is 0. The summed E-state index contributed by atoms with van der Waals surface area (Å²) in [5, 5.41) is 0. The number of carbonyl (C=O) groups is 1. The van der Waals surface area contributed by atoms with Crippen molar-refractivity contribution in [2.75, 3.05) is 0 Å². The van der Waals surface area contributed by atoms with Crippen molar-refractivity contribution in [3.8, 4) is 0 Å². The van der Waals surface area contributed by atoms with Gasteiger partial charge in [0.25, 0.3) is 0 Å². The summed E-state index contributed by atoms with van der Waals surface area (Å²) >= 11 is 0. The van der Waals surface area contributed by atoms with Crippen LogP contribution in [0.3, 0.4) is 0 Å². The molecule has 31 heavy (non-hydrogen) atoms. The van der Waals surface area contributed by atoms with Crippen LogP contribution < -0.4 is 0 Å². The van der Waals surface area contributed by atoms with Crippen molar-refractivity contribution in [2.24, 2.45) is 29.1 Å². The van der Waals surface area contributed by atoms with E-state index >= 15 is 0 Å². The van der Waals surface area contributed by atoms with Crippen LogP contribution in [0.2, 0.25) is 0 Å². The molecular formula is C29H42O2. The first kappa shape index (κ1) is 22.6. The zero-order chi connectivity index (χ0) is 22.3. The number of fused-ring (bicyclic) bond motifs is 5. The quantitative estimate of drug-likeness (QED) is 0.439. The molecule has 0 bridgehead atoms. The van der Waals surface area contributed by atoms with E-state index in [1.807, 2.05) is 0 Å². The van der Waals surface area contributed by atoms with Crippen molar-refractivity contribution in [1.82, 2.24) is 0 Å². The Labute approximate surface area is 189 Å². The molecule has 0 amide bonds. The molecule has 1 fully saturated rings. The molecule has 2 heteroatoms. The Morgan fingerprint density at radius 2 is 1.84 bits per heavy atom. The summed E-state index contributed by atoms with van der Waals surface area (Å²) in [5.74, 6) is 4.64. The number of allylic oxidation sites excluding steroid dienone is 1. The molecule has 0 radical (unpaired) electrons. The molecule has 0 saturated heterocycles. The Morgan fingerprint density at radius 3 is 2.55 bits per heavy atom. The summed E-state index contributed by atoms with van der Waals surface area (Å²) in [6.07, 6.45) is 12.0. The molecular weight excluding hydrogens is 380 g/mol. The molecule has 170 valence electrons. The standard InChI is InChI=1S/C29H42O2/c1-18(2)19(3)7-8-20(4)27-13-14-28-26-11-9-22-17-23(31-21(5)30)10-12-24(22)25(26)15-16-29(27,28)6/h9,11,17-20,27-28H,7-8,10,12-16H2,1-6H3/t19-,20+,27+,28+,29-/m0/s1. The number of carbonyl (C=O) groups excluding carboxylic acids is 1. The SMILES string of the molecule is CC(=O)OC1=Cc2ccc3c(c2CC1)CC[C@]1(C)[C@@H]3CC[C@@H]1[C@H](C)CC[C@H](C)C(C)C. The molecule has 3 aliphatic carbocycles. The first-order valence-electron chi connectivity index (χ1n) is 12.7. The van der Waals surface area contributed by atoms with Crippen molar-refractivity contribution in [3.63, 3.8) is 0 Å². The Hall–Kier alpha value is -1.57. The van der Waals surface area contributed by atoms with Crippen LogP contribution in [0.25, 0.3) is 6.08 Å². The fourth-order valence-electron chi connectivity index (χ4n) is 7.06. The highest BCUT2D eigenvalue weighted by atomic mass is 16.5. The number of benzene rings is 1. The number of esters is 1. The summed E-state index contributed by atoms with van der Waals surface area (Å²) in [4.78, 5) is 11.4. The highest BCUT2D eigenvalue weighted by Crippen LogP contribution is 2.61. The maximum absolute atomic E-state index is 11.4. The van der Waals surface area contributed by atoms with E-state index in [1.54, 1.807) is 11.1 Å². The van der Waals surface area contributed by atoms with E-state index in [-0.39, 0.29) is 5.97 Å². The highest BCUT2D eigenvalue weighted by molar-refractivity contribution is 5.70. The molecule has 0 heterocycles. The van der Waals surface area contributed by atoms with Gasteiger partial charge < -0.3 is 4.74 Å². The molecule has 3 aliphatic rings. The largest absolute Gasteiger partial charge is 0.431 e. The van der Waals surface area contributed by atoms with Crippen LogP contribution in [0.15, 0.2) is 17.9 Å². The van der Waals surface area contributed by atoms with Gasteiger partial charge in [-0.2, -0.15) is 0 Å². The Morgan fingerprint density at radius 1 is 1.06 bits per heavy atom. The highest BCUT2D eigenvalue weighted by Gasteiger charge is 2.51. The topological polar surface area (TPSA) is 26.3 Å². The van der Waals surface area contributed by atoms with Gasteiger partial charge in [0.2, 0.25) is 0 Å². The van der Waals surface area contributed by atoms with E-state index in [4.69, 9.17) is 4.74 Å². The van der Waals surface area contributed by atoms with E-state index < -0.39 is 0 Å². The van der Waals surface area contributed by atoms with Gasteiger partial charge in [-0.1, -0.05) is 59.6 Å². The number of hydrogen-bond donors (Lipinski definition) is 0. The molecule has 1 aromatic rings. The molecule has 5 atom stereocenters. The lowest BCUT2D eigenvalue weighted by molar-refractivity contribution is -0.137. The van der Waals surface area contributed by atoms with Gasteiger partial charge in [0, 0.05) is 13.3 Å². The van der Waals surface area contributed by atoms with Crippen LogP contribution in [-0.4, -0.2) is 5.97 Å². The predicted molar refractivity (Wildman–Crippen MR) is 129 cm³/mol. The van der Waals surface area contributed by atoms with Gasteiger partial charge in [0.05, 0.1) is 0 Å². The Balaban J connectivity index is 1.54. The average molecular weight is 423 g/mol. The molecule has 4 rings (SSSR count). The van der Waals surface area contributed by atoms with Crippen LogP contribution in [0, 0.1) is 29.1 Å². The van der Waals surface area contributed by atoms with Crippen molar-refractivity contribution in [3.05, 3.63) is 40.1 Å². The minimum Gasteiger partial charge on any atom is -0.431 e. The summed E-state index contributed by atoms with van der Waals surface area (Å²) in [6, 6.07) is 4.71. The molecule has 0 aromatic heterocycles. The minimum atomic E-state index is -0.211. The van der Waals surface area contributed by atoms with Crippen LogP contribution in [0.5, 0.6) is 0 Å². The fraction of sp³-hybridized carbons (Fsp3) is 0.690. The zero-order valence-electron chi connectivity index (χ0n) is 20.6. The molecule has 0 N–H and O–H groups in total. The van der Waals surface area contributed by atoms with Gasteiger partial charge in [-0.15, -0.1) is 0 Å². The van der Waals surface area contributed by atoms with E-state index in [1.165, 1.54) is 56.6 Å².